The molecule has 2 aromatic heterocycles. The van der Waals surface area contributed by atoms with Gasteiger partial charge >= 0.3 is 6.18 Å². The van der Waals surface area contributed by atoms with Gasteiger partial charge in [-0.25, -0.2) is 23.7 Å². The number of carbonyl (C=O) groups is 5. The average molecular weight is 1260 g/mol. The van der Waals surface area contributed by atoms with Crippen LogP contribution in [-0.2, 0) is 31.8 Å². The van der Waals surface area contributed by atoms with Crippen molar-refractivity contribution >= 4 is 63.9 Å². The zero-order chi connectivity index (χ0) is 64.5. The summed E-state index contributed by atoms with van der Waals surface area (Å²) in [6.07, 6.45) is -1.53. The fraction of sp³-hybridized carbons (Fsp3) is 0.455. The number of amides is 5. The first kappa shape index (κ1) is 64.9. The van der Waals surface area contributed by atoms with Crippen LogP contribution in [0.3, 0.4) is 0 Å². The molecule has 1 unspecified atom stereocenters. The minimum absolute atomic E-state index is 0.0104. The van der Waals surface area contributed by atoms with Crippen molar-refractivity contribution in [1.82, 2.24) is 40.3 Å². The van der Waals surface area contributed by atoms with Crippen LogP contribution >= 0.6 is 11.3 Å². The highest BCUT2D eigenvalue weighted by Crippen LogP contribution is 2.39. The Bertz CT molecular complexity index is 3590. The number of alkyl halides is 3. The van der Waals surface area contributed by atoms with Gasteiger partial charge in [-0.3, -0.25) is 28.9 Å². The number of hydrogen-bond acceptors (Lipinski definition) is 14. The molecular formula is C66H77F5N12O6S. The molecule has 6 heterocycles. The summed E-state index contributed by atoms with van der Waals surface area (Å²) < 4.78 is 72.4. The molecular weight excluding hydrogens is 1180 g/mol. The number of aryl methyl sites for hydroxylation is 1. The maximum absolute atomic E-state index is 16.3. The Morgan fingerprint density at radius 3 is 2.08 bits per heavy atom. The molecule has 7 atom stereocenters. The van der Waals surface area contributed by atoms with Crippen molar-refractivity contribution in [2.24, 2.45) is 11.3 Å². The van der Waals surface area contributed by atoms with Gasteiger partial charge in [-0.15, -0.1) is 11.3 Å². The monoisotopic (exact) mass is 1260 g/mol. The zero-order valence-corrected chi connectivity index (χ0v) is 52.6. The smallest absolute Gasteiger partial charge is 0.391 e. The predicted molar refractivity (Wildman–Crippen MR) is 336 cm³/mol. The molecule has 4 N–H and O–H groups in total. The maximum Gasteiger partial charge on any atom is 0.417 e. The molecule has 478 valence electrons. The third kappa shape index (κ3) is 14.6. The van der Waals surface area contributed by atoms with Gasteiger partial charge in [0, 0.05) is 107 Å². The number of thiazole rings is 1. The van der Waals surface area contributed by atoms with E-state index < -0.39 is 70.3 Å². The van der Waals surface area contributed by atoms with Crippen LogP contribution in [0.25, 0.3) is 21.6 Å². The summed E-state index contributed by atoms with van der Waals surface area (Å²) in [5, 5.41) is 19.5. The number of nitrogens with one attached hydrogen (secondary N) is 3. The van der Waals surface area contributed by atoms with Crippen molar-refractivity contribution in [2.45, 2.75) is 117 Å². The third-order valence-electron chi connectivity index (χ3n) is 17.9. The highest BCUT2D eigenvalue weighted by molar-refractivity contribution is 7.13. The first-order valence-electron chi connectivity index (χ1n) is 30.5. The first-order chi connectivity index (χ1) is 42.7. The number of hydrogen-bond donors (Lipinski definition) is 4. The summed E-state index contributed by atoms with van der Waals surface area (Å²) in [5.41, 5.74) is 3.93. The largest absolute Gasteiger partial charge is 0.417 e. The van der Waals surface area contributed by atoms with E-state index in [9.17, 15) is 46.6 Å². The number of anilines is 4. The highest BCUT2D eigenvalue weighted by Gasteiger charge is 2.46. The summed E-state index contributed by atoms with van der Waals surface area (Å²) in [6.45, 7) is 16.9. The Labute approximate surface area is 524 Å². The number of rotatable bonds is 15. The van der Waals surface area contributed by atoms with Crippen molar-refractivity contribution in [3.8, 4) is 21.6 Å². The molecule has 0 radical (unpaired) electrons. The van der Waals surface area contributed by atoms with E-state index in [1.807, 2.05) is 114 Å². The van der Waals surface area contributed by atoms with Crippen molar-refractivity contribution in [3.05, 3.63) is 136 Å². The number of piperidine rings is 1. The van der Waals surface area contributed by atoms with E-state index in [0.29, 0.717) is 64.7 Å². The van der Waals surface area contributed by atoms with Gasteiger partial charge in [0.2, 0.25) is 29.6 Å². The zero-order valence-electron chi connectivity index (χ0n) is 51.8. The normalized spacial score (nSPS) is 20.8. The molecule has 10 rings (SSSR count). The van der Waals surface area contributed by atoms with E-state index in [0.717, 1.165) is 51.5 Å². The number of carbonyl (C=O) groups excluding carboxylic acids is 5. The Morgan fingerprint density at radius 2 is 1.44 bits per heavy atom. The molecule has 4 aliphatic rings. The lowest BCUT2D eigenvalue weighted by Crippen LogP contribution is -2.59. The van der Waals surface area contributed by atoms with Crippen LogP contribution < -0.4 is 30.7 Å². The van der Waals surface area contributed by atoms with Crippen LogP contribution in [0, 0.1) is 29.9 Å². The number of piperazine rings is 2. The van der Waals surface area contributed by atoms with Crippen molar-refractivity contribution in [3.63, 3.8) is 0 Å². The van der Waals surface area contributed by atoms with Crippen molar-refractivity contribution < 1.29 is 51.0 Å². The van der Waals surface area contributed by atoms with E-state index in [-0.39, 0.29) is 83.8 Å². The number of aromatic nitrogens is 3. The lowest BCUT2D eigenvalue weighted by atomic mass is 9.84. The summed E-state index contributed by atoms with van der Waals surface area (Å²) in [6, 6.07) is 17.7. The quantitative estimate of drug-likeness (QED) is 0.0711. The first-order valence-corrected chi connectivity index (χ1v) is 31.4. The van der Waals surface area contributed by atoms with Gasteiger partial charge in [0.1, 0.15) is 23.7 Å². The Hall–Kier alpha value is -8.09. The van der Waals surface area contributed by atoms with E-state index in [1.165, 1.54) is 29.4 Å². The molecule has 18 nitrogen and oxygen atoms in total. The second-order valence-corrected chi connectivity index (χ2v) is 26.2. The Kier molecular flexibility index (Phi) is 19.3. The maximum atomic E-state index is 16.3. The van der Waals surface area contributed by atoms with E-state index in [1.54, 1.807) is 21.7 Å². The van der Waals surface area contributed by atoms with Gasteiger partial charge in [0.25, 0.3) is 5.91 Å². The predicted octanol–water partition coefficient (Wildman–Crippen LogP) is 9.13. The molecule has 6 aromatic rings. The minimum atomic E-state index is -5.03. The fourth-order valence-corrected chi connectivity index (χ4v) is 13.3. The molecule has 4 fully saturated rings. The lowest BCUT2D eigenvalue weighted by molar-refractivity contribution is -0.144. The molecule has 4 saturated heterocycles. The second kappa shape index (κ2) is 26.8. The SMILES string of the molecule is Cc1ncsc1-c1ccc([C@H](C)NC(=O)[C@@H]2C[C@@H](O)CN2C(=O)[C@@H](NC(=O)C2CCCN(c3ccc(CC(=O)N4CCN(c5ncc(-c6cc(NC(=O)c7ccc(F)cc7C(F)(F)F)c(N7C[C@@H](C)N(C)[C@@H](C)C7)cc6F)cn5)CC4)cc3)C2)C(C)(C)C)cc1. The van der Waals surface area contributed by atoms with E-state index in [4.69, 9.17) is 0 Å². The van der Waals surface area contributed by atoms with Crippen LogP contribution in [0.2, 0.25) is 0 Å². The van der Waals surface area contributed by atoms with E-state index >= 15 is 4.39 Å². The Balaban J connectivity index is 0.725. The summed E-state index contributed by atoms with van der Waals surface area (Å²) in [7, 11) is 1.96. The fourth-order valence-electron chi connectivity index (χ4n) is 12.5. The Morgan fingerprint density at radius 1 is 0.767 bits per heavy atom. The molecule has 0 spiro atoms. The molecule has 4 aromatic carbocycles. The van der Waals surface area contributed by atoms with Crippen LogP contribution in [0.5, 0.6) is 0 Å². The lowest BCUT2D eigenvalue weighted by Gasteiger charge is -2.44. The number of β-amino-alcohol motifs (C(OH)–C–C–N with tert-alkyl or cyclic N) is 1. The van der Waals surface area contributed by atoms with Crippen LogP contribution in [0.15, 0.2) is 96.8 Å². The highest BCUT2D eigenvalue weighted by atomic mass is 32.1. The number of likely N-dealkylation sites (tertiary alicyclic amines) is 1. The number of benzene rings is 4. The van der Waals surface area contributed by atoms with Crippen LogP contribution in [0.4, 0.5) is 45.0 Å². The van der Waals surface area contributed by atoms with Gasteiger partial charge in [-0.1, -0.05) is 57.2 Å². The molecule has 5 amide bonds. The topological polar surface area (TPSA) is 200 Å². The van der Waals surface area contributed by atoms with Gasteiger partial charge < -0.3 is 45.6 Å². The molecule has 4 aliphatic heterocycles. The van der Waals surface area contributed by atoms with Gasteiger partial charge in [-0.05, 0) is 112 Å². The molecule has 24 heteroatoms. The molecule has 0 saturated carbocycles. The average Bonchev–Trinajstić information content (AvgIpc) is 1.16. The second-order valence-electron chi connectivity index (χ2n) is 25.4. The van der Waals surface area contributed by atoms with E-state index in [2.05, 4.69) is 40.7 Å². The minimum Gasteiger partial charge on any atom is -0.391 e. The van der Waals surface area contributed by atoms with Gasteiger partial charge in [-0.2, -0.15) is 13.2 Å². The van der Waals surface area contributed by atoms with Gasteiger partial charge in [0.05, 0.1) is 63.1 Å². The number of aliphatic hydroxyl groups is 1. The number of aliphatic hydroxyl groups excluding tert-OH is 1. The summed E-state index contributed by atoms with van der Waals surface area (Å²) in [4.78, 5) is 95.7. The number of likely N-dealkylation sites (N-methyl/N-ethyl adjacent to an activating group) is 1. The summed E-state index contributed by atoms with van der Waals surface area (Å²) in [5.74, 6) is -4.23. The standard InChI is InChI=1S/C66H77F5N12O6S/c1-38-33-82(34-39(2)78(38)8)55-30-53(68)51(29-54(55)76-61(87)50-20-17-47(67)27-52(50)66(69,70)71)46-31-72-64(73-32-46)80-24-22-79(23-25-80)57(85)26-42-11-18-48(19-12-42)81-21-9-10-45(35-81)60(86)77-59(65(5,6)7)63(89)83-36-49(84)28-56(83)62(88)75-40(3)43-13-15-44(16-14-43)58-41(4)74-37-90-58/h11-20,27,29-32,37-40,45,49,56,59,84H,9-10,21-26,28,33-36H2,1-8H3,(H,75,88)(H,76,87)(H,77,86)/t38-,39+,40-,45?,49+,56-,59+/m0/s1. The molecule has 0 aliphatic carbocycles. The molecule has 0 bridgehead atoms. The summed E-state index contributed by atoms with van der Waals surface area (Å²) >= 11 is 1.56. The third-order valence-corrected chi connectivity index (χ3v) is 18.9. The van der Waals surface area contributed by atoms with Crippen LogP contribution in [-0.4, -0.2) is 161 Å². The number of nitrogens with zero attached hydrogens (tertiary/aromatic N) is 9. The van der Waals surface area contributed by atoms with Crippen LogP contribution in [0.1, 0.15) is 99.6 Å². The van der Waals surface area contributed by atoms with Crippen molar-refractivity contribution in [2.75, 3.05) is 86.0 Å². The van der Waals surface area contributed by atoms with Crippen molar-refractivity contribution in [1.29, 1.82) is 0 Å². The number of halogens is 5. The van der Waals surface area contributed by atoms with Gasteiger partial charge in [0.15, 0.2) is 0 Å². The molecule has 90 heavy (non-hydrogen) atoms.